The zero-order valence-corrected chi connectivity index (χ0v) is 11.3. The van der Waals surface area contributed by atoms with Crippen molar-refractivity contribution in [1.82, 2.24) is 4.90 Å². The normalized spacial score (nSPS) is 15.4. The average molecular weight is 297 g/mol. The molecule has 0 amide bonds. The third kappa shape index (κ3) is 4.80. The van der Waals surface area contributed by atoms with Crippen LogP contribution in [0.4, 0.5) is 0 Å². The molecule has 2 unspecified atom stereocenters. The molecule has 8 nitrogen and oxygen atoms in total. The summed E-state index contributed by atoms with van der Waals surface area (Å²) in [6, 6.07) is 8.73. The second kappa shape index (κ2) is 7.14. The Balaban J connectivity index is 3.08. The topological polar surface area (TPSA) is 150 Å². The molecule has 0 aliphatic carbocycles. The van der Waals surface area contributed by atoms with Gasteiger partial charge in [0, 0.05) is 6.42 Å². The van der Waals surface area contributed by atoms with Crippen LogP contribution in [0.1, 0.15) is 5.56 Å². The lowest BCUT2D eigenvalue weighted by Crippen LogP contribution is -2.69. The number of nitrogens with zero attached hydrogens (tertiary/aromatic N) is 1. The smallest absolute Gasteiger partial charge is 0.317 e. The molecule has 0 aromatic heterocycles. The molecule has 0 aliphatic rings. The van der Waals surface area contributed by atoms with Crippen LogP contribution in [0.5, 0.6) is 0 Å². The SMILES string of the molecule is NC(O)C(N)(Cc1ccccc1)N(CC(=O)O)CC(=O)O. The molecule has 7 N–H and O–H groups in total. The van der Waals surface area contributed by atoms with Crippen molar-refractivity contribution >= 4 is 11.9 Å². The Labute approximate surface area is 121 Å². The highest BCUT2D eigenvalue weighted by molar-refractivity contribution is 5.72. The molecule has 21 heavy (non-hydrogen) atoms. The molecule has 0 saturated heterocycles. The number of nitrogens with two attached hydrogens (primary N) is 2. The standard InChI is InChI=1S/C13H19N3O5/c14-12(21)13(15,6-9-4-2-1-3-5-9)16(7-10(17)18)8-11(19)20/h1-5,12,21H,6-8,14-15H2,(H,17,18)(H,19,20). The van der Waals surface area contributed by atoms with Gasteiger partial charge in [0.25, 0.3) is 0 Å². The Morgan fingerprint density at radius 3 is 2.00 bits per heavy atom. The van der Waals surface area contributed by atoms with Crippen molar-refractivity contribution in [2.24, 2.45) is 11.5 Å². The summed E-state index contributed by atoms with van der Waals surface area (Å²) in [5.74, 6) is -2.53. The van der Waals surface area contributed by atoms with E-state index in [9.17, 15) is 14.7 Å². The van der Waals surface area contributed by atoms with E-state index < -0.39 is 36.9 Å². The lowest BCUT2D eigenvalue weighted by atomic mass is 9.96. The first-order valence-corrected chi connectivity index (χ1v) is 6.21. The summed E-state index contributed by atoms with van der Waals surface area (Å²) in [6.07, 6.45) is -1.61. The van der Waals surface area contributed by atoms with Crippen molar-refractivity contribution in [3.63, 3.8) is 0 Å². The van der Waals surface area contributed by atoms with Gasteiger partial charge in [0.1, 0.15) is 11.9 Å². The number of hydrogen-bond donors (Lipinski definition) is 5. The Morgan fingerprint density at radius 1 is 1.14 bits per heavy atom. The molecule has 0 radical (unpaired) electrons. The summed E-state index contributed by atoms with van der Waals surface area (Å²) in [7, 11) is 0. The zero-order chi connectivity index (χ0) is 16.0. The van der Waals surface area contributed by atoms with Crippen molar-refractivity contribution in [2.75, 3.05) is 13.1 Å². The number of benzene rings is 1. The minimum atomic E-state index is -1.71. The zero-order valence-electron chi connectivity index (χ0n) is 11.3. The van der Waals surface area contributed by atoms with E-state index in [1.165, 1.54) is 0 Å². The lowest BCUT2D eigenvalue weighted by molar-refractivity contribution is -0.147. The Kier molecular flexibility index (Phi) is 5.79. The van der Waals surface area contributed by atoms with E-state index in [1.54, 1.807) is 30.3 Å². The number of carbonyl (C=O) groups is 2. The molecule has 1 aromatic rings. The minimum Gasteiger partial charge on any atom is -0.480 e. The fourth-order valence-corrected chi connectivity index (χ4v) is 2.00. The summed E-state index contributed by atoms with van der Waals surface area (Å²) in [5, 5.41) is 27.5. The molecular formula is C13H19N3O5. The van der Waals surface area contributed by atoms with E-state index in [0.717, 1.165) is 4.90 Å². The fourth-order valence-electron chi connectivity index (χ4n) is 2.00. The van der Waals surface area contributed by atoms with E-state index in [-0.39, 0.29) is 6.42 Å². The van der Waals surface area contributed by atoms with E-state index in [1.807, 2.05) is 0 Å². The minimum absolute atomic E-state index is 0.00602. The number of hydrogen-bond acceptors (Lipinski definition) is 6. The van der Waals surface area contributed by atoms with Crippen molar-refractivity contribution in [1.29, 1.82) is 0 Å². The van der Waals surface area contributed by atoms with Crippen molar-refractivity contribution in [3.05, 3.63) is 35.9 Å². The van der Waals surface area contributed by atoms with Crippen LogP contribution in [0.3, 0.4) is 0 Å². The summed E-state index contributed by atoms with van der Waals surface area (Å²) in [4.78, 5) is 22.7. The highest BCUT2D eigenvalue weighted by atomic mass is 16.4. The maximum Gasteiger partial charge on any atom is 0.317 e. The molecule has 0 saturated carbocycles. The van der Waals surface area contributed by atoms with Crippen LogP contribution in [-0.2, 0) is 16.0 Å². The summed E-state index contributed by atoms with van der Waals surface area (Å²) in [5.41, 5.74) is 10.5. The van der Waals surface area contributed by atoms with Crippen LogP contribution in [-0.4, -0.2) is 57.1 Å². The molecule has 2 atom stereocenters. The van der Waals surface area contributed by atoms with E-state index >= 15 is 0 Å². The van der Waals surface area contributed by atoms with Gasteiger partial charge in [-0.3, -0.25) is 14.5 Å². The van der Waals surface area contributed by atoms with E-state index in [2.05, 4.69) is 0 Å². The number of aliphatic hydroxyl groups excluding tert-OH is 1. The van der Waals surface area contributed by atoms with Gasteiger partial charge < -0.3 is 26.8 Å². The molecule has 116 valence electrons. The number of carboxylic acids is 2. The first kappa shape index (κ1) is 17.1. The quantitative estimate of drug-likeness (QED) is 0.369. The molecular weight excluding hydrogens is 278 g/mol. The molecule has 0 fully saturated rings. The molecule has 0 heterocycles. The molecule has 1 rings (SSSR count). The van der Waals surface area contributed by atoms with Gasteiger partial charge in [-0.25, -0.2) is 0 Å². The van der Waals surface area contributed by atoms with Crippen LogP contribution in [0.25, 0.3) is 0 Å². The van der Waals surface area contributed by atoms with Gasteiger partial charge in [-0.1, -0.05) is 30.3 Å². The van der Waals surface area contributed by atoms with Gasteiger partial charge in [0.05, 0.1) is 13.1 Å². The molecule has 0 spiro atoms. The molecule has 0 bridgehead atoms. The van der Waals surface area contributed by atoms with E-state index in [0.29, 0.717) is 5.56 Å². The van der Waals surface area contributed by atoms with Gasteiger partial charge in [-0.15, -0.1) is 0 Å². The fraction of sp³-hybridized carbons (Fsp3) is 0.385. The Morgan fingerprint density at radius 2 is 1.62 bits per heavy atom. The number of carboxylic acid groups (broad SMARTS) is 2. The predicted octanol–water partition coefficient (Wildman–Crippen LogP) is -1.37. The van der Waals surface area contributed by atoms with Gasteiger partial charge >= 0.3 is 11.9 Å². The van der Waals surface area contributed by atoms with Crippen LogP contribution in [0.15, 0.2) is 30.3 Å². The second-order valence-electron chi connectivity index (χ2n) is 4.74. The number of aliphatic carboxylic acids is 2. The lowest BCUT2D eigenvalue weighted by Gasteiger charge is -2.41. The summed E-state index contributed by atoms with van der Waals surface area (Å²) in [6.45, 7) is -1.30. The predicted molar refractivity (Wildman–Crippen MR) is 74.1 cm³/mol. The van der Waals surface area contributed by atoms with E-state index in [4.69, 9.17) is 21.7 Å². The van der Waals surface area contributed by atoms with Crippen LogP contribution < -0.4 is 11.5 Å². The average Bonchev–Trinajstić information content (AvgIpc) is 2.37. The third-order valence-corrected chi connectivity index (χ3v) is 3.08. The molecule has 0 aliphatic heterocycles. The van der Waals surface area contributed by atoms with Gasteiger partial charge in [-0.2, -0.15) is 0 Å². The number of rotatable bonds is 8. The maximum absolute atomic E-state index is 10.9. The van der Waals surface area contributed by atoms with Gasteiger partial charge in [0.15, 0.2) is 0 Å². The first-order valence-electron chi connectivity index (χ1n) is 6.21. The van der Waals surface area contributed by atoms with Crippen LogP contribution >= 0.6 is 0 Å². The van der Waals surface area contributed by atoms with Crippen LogP contribution in [0, 0.1) is 0 Å². The maximum atomic E-state index is 10.9. The highest BCUT2D eigenvalue weighted by Crippen LogP contribution is 2.18. The largest absolute Gasteiger partial charge is 0.480 e. The Hall–Kier alpha value is -2.00. The number of aliphatic hydroxyl groups is 1. The molecule has 8 heteroatoms. The van der Waals surface area contributed by atoms with Crippen molar-refractivity contribution < 1.29 is 24.9 Å². The van der Waals surface area contributed by atoms with Crippen molar-refractivity contribution in [2.45, 2.75) is 18.3 Å². The monoisotopic (exact) mass is 297 g/mol. The summed E-state index contributed by atoms with van der Waals surface area (Å²) >= 11 is 0. The Bertz CT molecular complexity index is 478. The van der Waals surface area contributed by atoms with Crippen LogP contribution in [0.2, 0.25) is 0 Å². The third-order valence-electron chi connectivity index (χ3n) is 3.08. The van der Waals surface area contributed by atoms with Gasteiger partial charge in [-0.05, 0) is 5.56 Å². The highest BCUT2D eigenvalue weighted by Gasteiger charge is 2.40. The summed E-state index contributed by atoms with van der Waals surface area (Å²) < 4.78 is 0. The second-order valence-corrected chi connectivity index (χ2v) is 4.74. The molecule has 1 aromatic carbocycles. The van der Waals surface area contributed by atoms with Gasteiger partial charge in [0.2, 0.25) is 0 Å². The van der Waals surface area contributed by atoms with Crippen molar-refractivity contribution in [3.8, 4) is 0 Å². The first-order chi connectivity index (χ1) is 9.75.